The van der Waals surface area contributed by atoms with Crippen LogP contribution in [0.2, 0.25) is 5.02 Å². The van der Waals surface area contributed by atoms with Crippen molar-refractivity contribution in [3.8, 4) is 0 Å². The summed E-state index contributed by atoms with van der Waals surface area (Å²) < 4.78 is 79.1. The van der Waals surface area contributed by atoms with Crippen molar-refractivity contribution in [3.05, 3.63) is 34.9 Å². The molecule has 0 radical (unpaired) electrons. The van der Waals surface area contributed by atoms with Gasteiger partial charge in [-0.15, -0.1) is 0 Å². The van der Waals surface area contributed by atoms with Crippen molar-refractivity contribution in [2.75, 3.05) is 32.3 Å². The molecule has 1 unspecified atom stereocenters. The fraction of sp³-hybridized carbons (Fsp3) is 0.600. The number of benzene rings is 1. The predicted octanol–water partition coefficient (Wildman–Crippen LogP) is 1.02. The van der Waals surface area contributed by atoms with E-state index in [2.05, 4.69) is 0 Å². The molecule has 1 aromatic carbocycles. The second-order valence-electron chi connectivity index (χ2n) is 7.92. The van der Waals surface area contributed by atoms with Gasteiger partial charge in [-0.05, 0) is 17.7 Å². The Labute approximate surface area is 209 Å². The summed E-state index contributed by atoms with van der Waals surface area (Å²) in [6, 6.07) is 6.58. The first-order valence-electron chi connectivity index (χ1n) is 10.1. The molecule has 35 heavy (non-hydrogen) atoms. The van der Waals surface area contributed by atoms with E-state index in [0.717, 1.165) is 26.4 Å². The first kappa shape index (κ1) is 29.4. The van der Waals surface area contributed by atoms with Gasteiger partial charge in [-0.3, -0.25) is 18.0 Å². The maximum Gasteiger partial charge on any atom is 0.304 e. The number of hydrogen-bond donors (Lipinski definition) is 0. The van der Waals surface area contributed by atoms with Crippen molar-refractivity contribution in [3.63, 3.8) is 0 Å². The highest BCUT2D eigenvalue weighted by atomic mass is 35.5. The highest BCUT2D eigenvalue weighted by Gasteiger charge is 2.59. The summed E-state index contributed by atoms with van der Waals surface area (Å²) >= 11 is 5.91. The molecule has 1 aromatic rings. The molecule has 198 valence electrons. The van der Waals surface area contributed by atoms with Crippen LogP contribution < -0.4 is 0 Å². The summed E-state index contributed by atoms with van der Waals surface area (Å²) in [6.45, 7) is 0.330. The minimum absolute atomic E-state index is 0.0753. The zero-order chi connectivity index (χ0) is 26.4. The van der Waals surface area contributed by atoms with Crippen molar-refractivity contribution in [2.45, 2.75) is 38.4 Å². The molecule has 15 heteroatoms. The topological polar surface area (TPSA) is 158 Å². The second-order valence-corrected chi connectivity index (χ2v) is 11.6. The Morgan fingerprint density at radius 2 is 1.51 bits per heavy atom. The SMILES string of the molecule is CC(=O)OC[C@H]1C(OC(C)=O)OC(COS(C)(=O)=O)(COS(C)(=O)=O)[C@H]1OCc1ccc(Cl)cc1. The largest absolute Gasteiger partial charge is 0.465 e. The number of carbonyl (C=O) groups excluding carboxylic acids is 2. The number of hydrogen-bond acceptors (Lipinski definition) is 12. The van der Waals surface area contributed by atoms with Crippen molar-refractivity contribution in [2.24, 2.45) is 5.92 Å². The Balaban J connectivity index is 2.50. The molecule has 0 aliphatic carbocycles. The van der Waals surface area contributed by atoms with Crippen LogP contribution in [0.3, 0.4) is 0 Å². The van der Waals surface area contributed by atoms with E-state index in [1.165, 1.54) is 0 Å². The standard InChI is InChI=1S/C20H27ClO12S2/c1-13(22)28-10-17-18(29-9-15-5-7-16(21)8-6-15)20(11-30-34(3,24)25,12-31-35(4,26)27)33-19(17)32-14(2)23/h5-8,17-19H,9-12H2,1-4H3/t17-,18+,19?/m1/s1. The minimum atomic E-state index is -4.03. The van der Waals surface area contributed by atoms with Gasteiger partial charge in [0, 0.05) is 18.9 Å². The molecule has 0 aromatic heterocycles. The average Bonchev–Trinajstić information content (AvgIpc) is 3.00. The number of ether oxygens (including phenoxy) is 4. The van der Waals surface area contributed by atoms with Crippen LogP contribution in [0.4, 0.5) is 0 Å². The van der Waals surface area contributed by atoms with E-state index in [9.17, 15) is 26.4 Å². The number of carbonyl (C=O) groups is 2. The third-order valence-corrected chi connectivity index (χ3v) is 6.09. The van der Waals surface area contributed by atoms with E-state index < -0.39 is 69.3 Å². The van der Waals surface area contributed by atoms with Gasteiger partial charge in [0.2, 0.25) is 6.29 Å². The Hall–Kier alpha value is -1.81. The predicted molar refractivity (Wildman–Crippen MR) is 121 cm³/mol. The Morgan fingerprint density at radius 1 is 0.971 bits per heavy atom. The van der Waals surface area contributed by atoms with Crippen LogP contribution in [0, 0.1) is 5.92 Å². The van der Waals surface area contributed by atoms with E-state index in [0.29, 0.717) is 10.6 Å². The number of halogens is 1. The van der Waals surface area contributed by atoms with E-state index in [-0.39, 0.29) is 13.2 Å². The Kier molecular flexibility index (Phi) is 10.0. The van der Waals surface area contributed by atoms with Gasteiger partial charge in [-0.2, -0.15) is 16.8 Å². The van der Waals surface area contributed by atoms with Crippen molar-refractivity contribution < 1.29 is 53.7 Å². The third kappa shape index (κ3) is 9.63. The quantitative estimate of drug-likeness (QED) is 0.265. The molecule has 1 heterocycles. The lowest BCUT2D eigenvalue weighted by Gasteiger charge is -2.33. The second kappa shape index (κ2) is 12.0. The Morgan fingerprint density at radius 3 is 1.97 bits per heavy atom. The molecule has 1 aliphatic heterocycles. The minimum Gasteiger partial charge on any atom is -0.465 e. The highest BCUT2D eigenvalue weighted by Crippen LogP contribution is 2.40. The highest BCUT2D eigenvalue weighted by molar-refractivity contribution is 7.86. The fourth-order valence-electron chi connectivity index (χ4n) is 3.30. The van der Waals surface area contributed by atoms with Crippen LogP contribution in [0.25, 0.3) is 0 Å². The molecule has 1 fully saturated rings. The summed E-state index contributed by atoms with van der Waals surface area (Å²) in [6.07, 6.45) is -1.05. The van der Waals surface area contributed by atoms with Gasteiger partial charge in [0.1, 0.15) is 31.5 Å². The van der Waals surface area contributed by atoms with Gasteiger partial charge in [0.25, 0.3) is 20.2 Å². The van der Waals surface area contributed by atoms with Gasteiger partial charge < -0.3 is 18.9 Å². The van der Waals surface area contributed by atoms with Crippen LogP contribution in [0.1, 0.15) is 19.4 Å². The zero-order valence-electron chi connectivity index (χ0n) is 19.5. The molecule has 0 N–H and O–H groups in total. The molecule has 0 saturated carbocycles. The van der Waals surface area contributed by atoms with Gasteiger partial charge in [0.15, 0.2) is 0 Å². The van der Waals surface area contributed by atoms with E-state index in [1.54, 1.807) is 24.3 Å². The molecular weight excluding hydrogens is 532 g/mol. The molecular formula is C20H27ClO12S2. The fourth-order valence-corrected chi connectivity index (χ4v) is 4.26. The molecule has 3 atom stereocenters. The maximum absolute atomic E-state index is 11.8. The van der Waals surface area contributed by atoms with Crippen molar-refractivity contribution in [1.82, 2.24) is 0 Å². The zero-order valence-corrected chi connectivity index (χ0v) is 21.9. The van der Waals surface area contributed by atoms with E-state index >= 15 is 0 Å². The van der Waals surface area contributed by atoms with Crippen LogP contribution in [-0.2, 0) is 63.7 Å². The monoisotopic (exact) mass is 558 g/mol. The maximum atomic E-state index is 11.8. The van der Waals surface area contributed by atoms with Gasteiger partial charge in [-0.25, -0.2) is 0 Å². The molecule has 0 amide bonds. The smallest absolute Gasteiger partial charge is 0.304 e. The molecule has 2 rings (SSSR count). The molecule has 12 nitrogen and oxygen atoms in total. The third-order valence-electron chi connectivity index (χ3n) is 4.75. The van der Waals surface area contributed by atoms with Crippen LogP contribution in [0.5, 0.6) is 0 Å². The summed E-state index contributed by atoms with van der Waals surface area (Å²) in [5.41, 5.74) is -1.25. The molecule has 0 spiro atoms. The number of esters is 2. The molecule has 1 saturated heterocycles. The lowest BCUT2D eigenvalue weighted by Crippen LogP contribution is -2.52. The Bertz CT molecular complexity index is 1070. The summed E-state index contributed by atoms with van der Waals surface area (Å²) in [5, 5.41) is 0.484. The molecule has 1 aliphatic rings. The first-order valence-corrected chi connectivity index (χ1v) is 14.1. The van der Waals surface area contributed by atoms with Crippen LogP contribution in [-0.4, -0.2) is 79.1 Å². The summed E-state index contributed by atoms with van der Waals surface area (Å²) in [4.78, 5) is 23.2. The lowest BCUT2D eigenvalue weighted by molar-refractivity contribution is -0.206. The van der Waals surface area contributed by atoms with E-state index in [1.807, 2.05) is 0 Å². The lowest BCUT2D eigenvalue weighted by atomic mass is 9.91. The summed E-state index contributed by atoms with van der Waals surface area (Å²) in [7, 11) is -8.06. The van der Waals surface area contributed by atoms with Crippen molar-refractivity contribution >= 4 is 43.8 Å². The van der Waals surface area contributed by atoms with E-state index in [4.69, 9.17) is 38.9 Å². The van der Waals surface area contributed by atoms with Crippen LogP contribution in [0.15, 0.2) is 24.3 Å². The number of rotatable bonds is 12. The first-order chi connectivity index (χ1) is 16.1. The van der Waals surface area contributed by atoms with Gasteiger partial charge in [0.05, 0.1) is 25.0 Å². The normalized spacial score (nSPS) is 22.0. The van der Waals surface area contributed by atoms with Crippen LogP contribution >= 0.6 is 11.6 Å². The van der Waals surface area contributed by atoms with Gasteiger partial charge in [-0.1, -0.05) is 23.7 Å². The summed E-state index contributed by atoms with van der Waals surface area (Å²) in [5.74, 6) is -2.41. The van der Waals surface area contributed by atoms with Gasteiger partial charge >= 0.3 is 11.9 Å². The van der Waals surface area contributed by atoms with Crippen molar-refractivity contribution in [1.29, 1.82) is 0 Å². The molecule has 0 bridgehead atoms. The average molecular weight is 559 g/mol.